The normalized spacial score (nSPS) is 19.0. The maximum Gasteiger partial charge on any atom is 0.150 e. The molecule has 4 nitrogen and oxygen atoms in total. The highest BCUT2D eigenvalue weighted by Crippen LogP contribution is 2.25. The van der Waals surface area contributed by atoms with Gasteiger partial charge >= 0.3 is 0 Å². The molecule has 0 unspecified atom stereocenters. The Hall–Kier alpha value is -0.660. The highest BCUT2D eigenvalue weighted by atomic mass is 79.9. The van der Waals surface area contributed by atoms with Crippen LogP contribution in [0.3, 0.4) is 0 Å². The predicted octanol–water partition coefficient (Wildman–Crippen LogP) is 2.07. The first-order chi connectivity index (χ1) is 8.87. The molecule has 2 rings (SSSR count). The zero-order chi connectivity index (χ0) is 14.0. The average molecular weight is 363 g/mol. The summed E-state index contributed by atoms with van der Waals surface area (Å²) < 4.78 is 23.7. The van der Waals surface area contributed by atoms with Crippen LogP contribution in [-0.4, -0.2) is 31.0 Å². The van der Waals surface area contributed by atoms with Crippen molar-refractivity contribution in [1.29, 1.82) is 0 Å². The standard InChI is InChI=1S/C12H15BrN2O2S2/c13-8-1-2-10(12(14)18)11(7-8)15-9-3-5-19(16,17)6-4-9/h1-2,7,9,15H,3-6H2,(H2,14,18). The van der Waals surface area contributed by atoms with Crippen LogP contribution in [0.2, 0.25) is 0 Å². The molecule has 104 valence electrons. The minimum atomic E-state index is -2.84. The maximum absolute atomic E-state index is 11.4. The van der Waals surface area contributed by atoms with Crippen molar-refractivity contribution in [2.75, 3.05) is 16.8 Å². The van der Waals surface area contributed by atoms with E-state index < -0.39 is 9.84 Å². The monoisotopic (exact) mass is 362 g/mol. The third-order valence-electron chi connectivity index (χ3n) is 3.16. The summed E-state index contributed by atoms with van der Waals surface area (Å²) in [6.07, 6.45) is 1.23. The van der Waals surface area contributed by atoms with E-state index in [1.54, 1.807) is 0 Å². The molecule has 7 heteroatoms. The highest BCUT2D eigenvalue weighted by molar-refractivity contribution is 9.10. The molecular weight excluding hydrogens is 348 g/mol. The minimum Gasteiger partial charge on any atom is -0.389 e. The lowest BCUT2D eigenvalue weighted by molar-refractivity contribution is 0.559. The van der Waals surface area contributed by atoms with Crippen LogP contribution in [0, 0.1) is 0 Å². The van der Waals surface area contributed by atoms with Gasteiger partial charge in [0, 0.05) is 21.8 Å². The van der Waals surface area contributed by atoms with Gasteiger partial charge in [-0.2, -0.15) is 0 Å². The van der Waals surface area contributed by atoms with E-state index in [9.17, 15) is 8.42 Å². The van der Waals surface area contributed by atoms with Crippen molar-refractivity contribution >= 4 is 48.7 Å². The molecule has 1 saturated heterocycles. The van der Waals surface area contributed by atoms with Crippen molar-refractivity contribution in [2.24, 2.45) is 5.73 Å². The van der Waals surface area contributed by atoms with Crippen LogP contribution in [0.1, 0.15) is 18.4 Å². The molecule has 1 aliphatic rings. The Balaban J connectivity index is 2.15. The minimum absolute atomic E-state index is 0.144. The second-order valence-electron chi connectivity index (χ2n) is 4.62. The fraction of sp³-hybridized carbons (Fsp3) is 0.417. The van der Waals surface area contributed by atoms with E-state index in [1.165, 1.54) is 0 Å². The Morgan fingerprint density at radius 1 is 1.37 bits per heavy atom. The molecule has 0 aliphatic carbocycles. The van der Waals surface area contributed by atoms with E-state index in [0.717, 1.165) is 15.7 Å². The van der Waals surface area contributed by atoms with Gasteiger partial charge in [-0.3, -0.25) is 0 Å². The number of anilines is 1. The van der Waals surface area contributed by atoms with Crippen molar-refractivity contribution in [1.82, 2.24) is 0 Å². The molecule has 0 saturated carbocycles. The molecule has 0 radical (unpaired) electrons. The molecule has 1 aromatic carbocycles. The third-order valence-corrected chi connectivity index (χ3v) is 5.59. The Labute approximate surface area is 126 Å². The summed E-state index contributed by atoms with van der Waals surface area (Å²) in [5.41, 5.74) is 7.33. The lowest BCUT2D eigenvalue weighted by atomic mass is 10.1. The predicted molar refractivity (Wildman–Crippen MR) is 85.3 cm³/mol. The van der Waals surface area contributed by atoms with E-state index >= 15 is 0 Å². The number of nitrogens with two attached hydrogens (primary N) is 1. The molecule has 19 heavy (non-hydrogen) atoms. The summed E-state index contributed by atoms with van der Waals surface area (Å²) in [6, 6.07) is 5.79. The number of thiocarbonyl (C=S) groups is 1. The Kier molecular flexibility index (Phi) is 4.47. The van der Waals surface area contributed by atoms with Crippen LogP contribution in [0.5, 0.6) is 0 Å². The molecule has 0 amide bonds. The summed E-state index contributed by atoms with van der Waals surface area (Å²) in [4.78, 5) is 0.332. The van der Waals surface area contributed by atoms with Gasteiger partial charge in [-0.1, -0.05) is 28.1 Å². The number of rotatable bonds is 3. The van der Waals surface area contributed by atoms with Crippen molar-refractivity contribution in [3.63, 3.8) is 0 Å². The number of sulfone groups is 1. The number of hydrogen-bond acceptors (Lipinski definition) is 4. The highest BCUT2D eigenvalue weighted by Gasteiger charge is 2.24. The summed E-state index contributed by atoms with van der Waals surface area (Å²) in [5, 5.41) is 3.35. The van der Waals surface area contributed by atoms with Gasteiger partial charge in [0.2, 0.25) is 0 Å². The SMILES string of the molecule is NC(=S)c1ccc(Br)cc1NC1CCS(=O)(=O)CC1. The first-order valence-corrected chi connectivity index (χ1v) is 8.96. The van der Waals surface area contributed by atoms with Crippen LogP contribution in [0.15, 0.2) is 22.7 Å². The number of benzene rings is 1. The van der Waals surface area contributed by atoms with Crippen molar-refractivity contribution in [3.8, 4) is 0 Å². The number of halogens is 1. The van der Waals surface area contributed by atoms with E-state index in [2.05, 4.69) is 21.2 Å². The Bertz CT molecular complexity index is 588. The second kappa shape index (κ2) is 5.76. The fourth-order valence-electron chi connectivity index (χ4n) is 2.11. The lowest BCUT2D eigenvalue weighted by Crippen LogP contribution is -2.32. The molecule has 1 aliphatic heterocycles. The summed E-state index contributed by atoms with van der Waals surface area (Å²) in [6.45, 7) is 0. The molecule has 0 spiro atoms. The Morgan fingerprint density at radius 3 is 2.58 bits per heavy atom. The average Bonchev–Trinajstić information content (AvgIpc) is 2.31. The van der Waals surface area contributed by atoms with Crippen molar-refractivity contribution in [3.05, 3.63) is 28.2 Å². The number of hydrogen-bond donors (Lipinski definition) is 2. The molecule has 0 aromatic heterocycles. The molecule has 0 bridgehead atoms. The zero-order valence-electron chi connectivity index (χ0n) is 10.2. The molecule has 1 fully saturated rings. The lowest BCUT2D eigenvalue weighted by Gasteiger charge is -2.25. The molecule has 3 N–H and O–H groups in total. The van der Waals surface area contributed by atoms with Crippen LogP contribution in [0.25, 0.3) is 0 Å². The summed E-state index contributed by atoms with van der Waals surface area (Å²) >= 11 is 8.43. The van der Waals surface area contributed by atoms with Gasteiger partial charge < -0.3 is 11.1 Å². The van der Waals surface area contributed by atoms with E-state index in [0.29, 0.717) is 17.8 Å². The van der Waals surface area contributed by atoms with E-state index in [4.69, 9.17) is 18.0 Å². The van der Waals surface area contributed by atoms with Crippen molar-refractivity contribution in [2.45, 2.75) is 18.9 Å². The van der Waals surface area contributed by atoms with Crippen LogP contribution in [0.4, 0.5) is 5.69 Å². The fourth-order valence-corrected chi connectivity index (χ4v) is 4.14. The molecule has 1 heterocycles. The van der Waals surface area contributed by atoms with E-state index in [1.807, 2.05) is 18.2 Å². The van der Waals surface area contributed by atoms with Gasteiger partial charge in [-0.25, -0.2) is 8.42 Å². The van der Waals surface area contributed by atoms with E-state index in [-0.39, 0.29) is 17.5 Å². The third kappa shape index (κ3) is 3.90. The van der Waals surface area contributed by atoms with Gasteiger partial charge in [0.25, 0.3) is 0 Å². The van der Waals surface area contributed by atoms with Gasteiger partial charge in [-0.15, -0.1) is 0 Å². The zero-order valence-corrected chi connectivity index (χ0v) is 13.4. The molecular formula is C12H15BrN2O2S2. The summed E-state index contributed by atoms with van der Waals surface area (Å²) in [7, 11) is -2.84. The van der Waals surface area contributed by atoms with Gasteiger partial charge in [0.15, 0.2) is 0 Å². The van der Waals surface area contributed by atoms with Gasteiger partial charge in [0.05, 0.1) is 11.5 Å². The summed E-state index contributed by atoms with van der Waals surface area (Å²) in [5.74, 6) is 0.474. The van der Waals surface area contributed by atoms with Crippen molar-refractivity contribution < 1.29 is 8.42 Å². The number of nitrogens with one attached hydrogen (secondary N) is 1. The van der Waals surface area contributed by atoms with Crippen LogP contribution < -0.4 is 11.1 Å². The smallest absolute Gasteiger partial charge is 0.150 e. The van der Waals surface area contributed by atoms with Gasteiger partial charge in [0.1, 0.15) is 14.8 Å². The molecule has 0 atom stereocenters. The largest absolute Gasteiger partial charge is 0.389 e. The topological polar surface area (TPSA) is 72.2 Å². The first kappa shape index (κ1) is 14.7. The Morgan fingerprint density at radius 2 is 2.00 bits per heavy atom. The quantitative estimate of drug-likeness (QED) is 0.805. The first-order valence-electron chi connectivity index (χ1n) is 5.94. The second-order valence-corrected chi connectivity index (χ2v) is 8.28. The maximum atomic E-state index is 11.4. The van der Waals surface area contributed by atoms with Crippen LogP contribution in [-0.2, 0) is 9.84 Å². The molecule has 1 aromatic rings. The van der Waals surface area contributed by atoms with Gasteiger partial charge in [-0.05, 0) is 31.0 Å². The van der Waals surface area contributed by atoms with Crippen LogP contribution >= 0.6 is 28.1 Å².